The number of hydrogen-bond donors (Lipinski definition) is 0. The molecule has 0 radical (unpaired) electrons. The summed E-state index contributed by atoms with van der Waals surface area (Å²) in [5, 5.41) is 0. The molecule has 1 fully saturated rings. The van der Waals surface area contributed by atoms with E-state index in [0.29, 0.717) is 23.1 Å². The van der Waals surface area contributed by atoms with E-state index in [1.54, 1.807) is 24.3 Å². The predicted molar refractivity (Wildman–Crippen MR) is 69.0 cm³/mol. The average molecular weight is 320 g/mol. The zero-order valence-corrected chi connectivity index (χ0v) is 11.3. The molecule has 0 aromatic heterocycles. The van der Waals surface area contributed by atoms with Crippen molar-refractivity contribution in [1.29, 1.82) is 0 Å². The van der Waals surface area contributed by atoms with Crippen molar-refractivity contribution in [2.75, 3.05) is 13.1 Å². The van der Waals surface area contributed by atoms with Crippen molar-refractivity contribution in [2.45, 2.75) is 19.0 Å². The maximum atomic E-state index is 13.1. The molecule has 1 aromatic carbocycles. The Balaban J connectivity index is 2.37. The zero-order chi connectivity index (χ0) is 13.2. The monoisotopic (exact) mass is 319 g/mol. The fraction of sp³-hybridized carbons (Fsp3) is 0.385. The van der Waals surface area contributed by atoms with Crippen molar-refractivity contribution in [3.63, 3.8) is 0 Å². The topological polar surface area (TPSA) is 3.24 Å². The minimum absolute atomic E-state index is 0.482. The fourth-order valence-electron chi connectivity index (χ4n) is 2.05. The van der Waals surface area contributed by atoms with Gasteiger partial charge in [-0.25, -0.2) is 0 Å². The molecule has 0 spiro atoms. The summed E-state index contributed by atoms with van der Waals surface area (Å²) >= 11 is 3.27. The molecule has 0 N–H and O–H groups in total. The van der Waals surface area contributed by atoms with E-state index in [1.165, 1.54) is 11.0 Å². The molecule has 1 heterocycles. The first kappa shape index (κ1) is 13.5. The summed E-state index contributed by atoms with van der Waals surface area (Å²) in [5.74, 6) is 0. The van der Waals surface area contributed by atoms with Gasteiger partial charge < -0.3 is 4.90 Å². The van der Waals surface area contributed by atoms with Crippen molar-refractivity contribution in [3.05, 3.63) is 40.0 Å². The summed E-state index contributed by atoms with van der Waals surface area (Å²) in [4.78, 5) is 1.42. The molecule has 2 rings (SSSR count). The van der Waals surface area contributed by atoms with Gasteiger partial charge in [-0.1, -0.05) is 34.1 Å². The second-order valence-electron chi connectivity index (χ2n) is 4.24. The van der Waals surface area contributed by atoms with Crippen molar-refractivity contribution >= 4 is 22.0 Å². The van der Waals surface area contributed by atoms with Crippen molar-refractivity contribution in [1.82, 2.24) is 4.90 Å². The summed E-state index contributed by atoms with van der Waals surface area (Å²) < 4.78 is 39.9. The predicted octanol–water partition coefficient (Wildman–Crippen LogP) is 4.45. The minimum Gasteiger partial charge on any atom is -0.368 e. The Morgan fingerprint density at radius 2 is 1.78 bits per heavy atom. The largest absolute Gasteiger partial charge is 0.431 e. The molecule has 5 heteroatoms. The molecule has 18 heavy (non-hydrogen) atoms. The van der Waals surface area contributed by atoms with Crippen LogP contribution in [-0.2, 0) is 0 Å². The highest BCUT2D eigenvalue weighted by molar-refractivity contribution is 9.10. The SMILES string of the molecule is FC(F)(F)/C(=C/c1ccccc1Br)N1CCCC1. The van der Waals surface area contributed by atoms with Crippen LogP contribution in [0.25, 0.3) is 6.08 Å². The van der Waals surface area contributed by atoms with E-state index in [4.69, 9.17) is 0 Å². The number of benzene rings is 1. The number of rotatable bonds is 2. The van der Waals surface area contributed by atoms with E-state index in [0.717, 1.165) is 12.8 Å². The molecular weight excluding hydrogens is 307 g/mol. The molecule has 0 saturated carbocycles. The van der Waals surface area contributed by atoms with Gasteiger partial charge in [-0.15, -0.1) is 0 Å². The molecule has 1 aliphatic rings. The molecule has 1 nitrogen and oxygen atoms in total. The van der Waals surface area contributed by atoms with Crippen LogP contribution in [0.4, 0.5) is 13.2 Å². The van der Waals surface area contributed by atoms with Gasteiger partial charge in [-0.05, 0) is 30.5 Å². The van der Waals surface area contributed by atoms with Gasteiger partial charge in [0.25, 0.3) is 0 Å². The summed E-state index contributed by atoms with van der Waals surface area (Å²) in [6.45, 7) is 0.964. The Hall–Kier alpha value is -0.970. The third-order valence-corrected chi connectivity index (χ3v) is 3.66. The Kier molecular flexibility index (Phi) is 4.00. The van der Waals surface area contributed by atoms with Crippen molar-refractivity contribution < 1.29 is 13.2 Å². The second kappa shape index (κ2) is 5.34. The van der Waals surface area contributed by atoms with E-state index < -0.39 is 11.9 Å². The first-order valence-corrected chi connectivity index (χ1v) is 6.56. The molecule has 1 saturated heterocycles. The van der Waals surface area contributed by atoms with Crippen LogP contribution in [0, 0.1) is 0 Å². The molecule has 1 aromatic rings. The normalized spacial score (nSPS) is 17.3. The number of halogens is 4. The van der Waals surface area contributed by atoms with Crippen LogP contribution >= 0.6 is 15.9 Å². The van der Waals surface area contributed by atoms with Gasteiger partial charge in [0.15, 0.2) is 0 Å². The van der Waals surface area contributed by atoms with Crippen LogP contribution in [0.5, 0.6) is 0 Å². The minimum atomic E-state index is -4.31. The molecule has 1 aliphatic heterocycles. The van der Waals surface area contributed by atoms with Gasteiger partial charge in [0.05, 0.1) is 0 Å². The van der Waals surface area contributed by atoms with E-state index in [9.17, 15) is 13.2 Å². The number of likely N-dealkylation sites (tertiary alicyclic amines) is 1. The lowest BCUT2D eigenvalue weighted by Gasteiger charge is -2.23. The lowest BCUT2D eigenvalue weighted by Crippen LogP contribution is -2.29. The van der Waals surface area contributed by atoms with Crippen molar-refractivity contribution in [2.24, 2.45) is 0 Å². The Morgan fingerprint density at radius 1 is 1.17 bits per heavy atom. The summed E-state index contributed by atoms with van der Waals surface area (Å²) in [5.41, 5.74) is 0.00336. The van der Waals surface area contributed by atoms with Gasteiger partial charge in [0, 0.05) is 17.6 Å². The lowest BCUT2D eigenvalue weighted by atomic mass is 10.2. The van der Waals surface area contributed by atoms with Crippen LogP contribution in [-0.4, -0.2) is 24.2 Å². The molecule has 98 valence electrons. The van der Waals surface area contributed by atoms with E-state index in [1.807, 2.05) is 0 Å². The first-order valence-electron chi connectivity index (χ1n) is 5.77. The molecule has 0 bridgehead atoms. The van der Waals surface area contributed by atoms with Gasteiger partial charge in [0.2, 0.25) is 0 Å². The smallest absolute Gasteiger partial charge is 0.368 e. The highest BCUT2D eigenvalue weighted by atomic mass is 79.9. The highest BCUT2D eigenvalue weighted by Gasteiger charge is 2.38. The van der Waals surface area contributed by atoms with E-state index in [-0.39, 0.29) is 0 Å². The quantitative estimate of drug-likeness (QED) is 0.778. The molecule has 0 unspecified atom stereocenters. The van der Waals surface area contributed by atoms with Crippen molar-refractivity contribution in [3.8, 4) is 0 Å². The first-order chi connectivity index (χ1) is 8.48. The number of nitrogens with zero attached hydrogens (tertiary/aromatic N) is 1. The van der Waals surface area contributed by atoms with Gasteiger partial charge >= 0.3 is 6.18 Å². The van der Waals surface area contributed by atoms with E-state index in [2.05, 4.69) is 15.9 Å². The third kappa shape index (κ3) is 3.07. The number of hydrogen-bond acceptors (Lipinski definition) is 1. The van der Waals surface area contributed by atoms with Crippen LogP contribution in [0.3, 0.4) is 0 Å². The number of alkyl halides is 3. The van der Waals surface area contributed by atoms with Crippen LogP contribution in [0.2, 0.25) is 0 Å². The third-order valence-electron chi connectivity index (χ3n) is 2.93. The standard InChI is InChI=1S/C13H13BrF3N/c14-11-6-2-1-5-10(11)9-12(13(15,16)17)18-7-3-4-8-18/h1-2,5-6,9H,3-4,7-8H2/b12-9-. The highest BCUT2D eigenvalue weighted by Crippen LogP contribution is 2.33. The van der Waals surface area contributed by atoms with E-state index >= 15 is 0 Å². The fourth-order valence-corrected chi connectivity index (χ4v) is 2.45. The molecule has 0 atom stereocenters. The molecular formula is C13H13BrF3N. The lowest BCUT2D eigenvalue weighted by molar-refractivity contribution is -0.108. The number of allylic oxidation sites excluding steroid dienone is 1. The Bertz CT molecular complexity index is 448. The second-order valence-corrected chi connectivity index (χ2v) is 5.10. The average Bonchev–Trinajstić information content (AvgIpc) is 2.79. The van der Waals surface area contributed by atoms with Crippen LogP contribution < -0.4 is 0 Å². The maximum Gasteiger partial charge on any atom is 0.431 e. The summed E-state index contributed by atoms with van der Waals surface area (Å²) in [6.07, 6.45) is -1.44. The van der Waals surface area contributed by atoms with Gasteiger partial charge in [0.1, 0.15) is 5.70 Å². The summed E-state index contributed by atoms with van der Waals surface area (Å²) in [7, 11) is 0. The Morgan fingerprint density at radius 3 is 2.33 bits per heavy atom. The maximum absolute atomic E-state index is 13.1. The summed E-state index contributed by atoms with van der Waals surface area (Å²) in [6, 6.07) is 6.93. The van der Waals surface area contributed by atoms with Gasteiger partial charge in [-0.2, -0.15) is 13.2 Å². The van der Waals surface area contributed by atoms with Crippen LogP contribution in [0.15, 0.2) is 34.4 Å². The van der Waals surface area contributed by atoms with Crippen LogP contribution in [0.1, 0.15) is 18.4 Å². The molecule has 0 aliphatic carbocycles. The van der Waals surface area contributed by atoms with Gasteiger partial charge in [-0.3, -0.25) is 0 Å². The zero-order valence-electron chi connectivity index (χ0n) is 9.67. The molecule has 0 amide bonds. The Labute approximate surface area is 112 Å².